The van der Waals surface area contributed by atoms with Crippen LogP contribution in [0.15, 0.2) is 54.6 Å². The maximum Gasteiger partial charge on any atom is 0.203 e. The molecule has 0 saturated heterocycles. The normalized spacial score (nSPS) is 10.5. The van der Waals surface area contributed by atoms with Crippen molar-refractivity contribution < 1.29 is 18.7 Å². The Bertz CT molecular complexity index is 869. The Morgan fingerprint density at radius 3 is 2.38 bits per heavy atom. The van der Waals surface area contributed by atoms with E-state index in [9.17, 15) is 9.18 Å². The molecule has 0 bridgehead atoms. The summed E-state index contributed by atoms with van der Waals surface area (Å²) in [5, 5.41) is 0. The van der Waals surface area contributed by atoms with Crippen molar-refractivity contribution >= 4 is 17.1 Å². The summed E-state index contributed by atoms with van der Waals surface area (Å²) in [6, 6.07) is 15.5. The van der Waals surface area contributed by atoms with Crippen molar-refractivity contribution in [1.29, 1.82) is 0 Å². The van der Waals surface area contributed by atoms with Crippen LogP contribution >= 0.6 is 11.3 Å². The molecule has 0 fully saturated rings. The lowest BCUT2D eigenvalue weighted by Gasteiger charge is -2.04. The third-order valence-corrected chi connectivity index (χ3v) is 4.75. The highest BCUT2D eigenvalue weighted by Gasteiger charge is 2.15. The Kier molecular flexibility index (Phi) is 4.62. The maximum absolute atomic E-state index is 13.5. The number of thiophene rings is 1. The summed E-state index contributed by atoms with van der Waals surface area (Å²) in [4.78, 5) is 14.2. The topological polar surface area (TPSA) is 35.5 Å². The molecule has 0 aliphatic carbocycles. The van der Waals surface area contributed by atoms with Crippen molar-refractivity contribution in [3.63, 3.8) is 0 Å². The number of rotatable bonds is 5. The van der Waals surface area contributed by atoms with Gasteiger partial charge in [0.15, 0.2) is 11.6 Å². The van der Waals surface area contributed by atoms with Crippen molar-refractivity contribution in [3.8, 4) is 21.9 Å². The predicted molar refractivity (Wildman–Crippen MR) is 92.7 cm³/mol. The lowest BCUT2D eigenvalue weighted by molar-refractivity contribution is 0.104. The molecule has 122 valence electrons. The van der Waals surface area contributed by atoms with Gasteiger partial charge in [-0.1, -0.05) is 0 Å². The Labute approximate surface area is 143 Å². The molecule has 0 spiro atoms. The quantitative estimate of drug-likeness (QED) is 0.625. The van der Waals surface area contributed by atoms with Crippen molar-refractivity contribution in [1.82, 2.24) is 0 Å². The van der Waals surface area contributed by atoms with Gasteiger partial charge in [-0.15, -0.1) is 11.3 Å². The molecule has 1 heterocycles. The number of ketones is 1. The van der Waals surface area contributed by atoms with Crippen molar-refractivity contribution in [3.05, 3.63) is 70.9 Å². The molecule has 2 aromatic carbocycles. The lowest BCUT2D eigenvalue weighted by Crippen LogP contribution is -2.00. The molecule has 3 aromatic rings. The smallest absolute Gasteiger partial charge is 0.203 e. The molecule has 0 aliphatic heterocycles. The predicted octanol–water partition coefficient (Wildman–Crippen LogP) is 4.80. The van der Waals surface area contributed by atoms with Crippen LogP contribution in [0.5, 0.6) is 11.5 Å². The zero-order valence-electron chi connectivity index (χ0n) is 13.2. The van der Waals surface area contributed by atoms with E-state index in [1.165, 1.54) is 36.6 Å². The number of hydrogen-bond acceptors (Lipinski definition) is 4. The number of benzene rings is 2. The second kappa shape index (κ2) is 6.84. The zero-order valence-corrected chi connectivity index (χ0v) is 14.0. The van der Waals surface area contributed by atoms with E-state index < -0.39 is 5.82 Å². The highest BCUT2D eigenvalue weighted by molar-refractivity contribution is 7.17. The molecule has 3 nitrogen and oxygen atoms in total. The largest absolute Gasteiger partial charge is 0.497 e. The number of carbonyl (C=O) groups is 1. The SMILES string of the molecule is COc1ccc(-c2ccc(C(=O)c3ccc(F)c(OC)c3)s2)cc1. The number of hydrogen-bond donors (Lipinski definition) is 0. The standard InChI is InChI=1S/C19H15FO3S/c1-22-14-6-3-12(4-7-14)17-9-10-18(24-17)19(21)13-5-8-15(20)16(11-13)23-2/h3-11H,1-2H3. The molecular formula is C19H15FO3S. The minimum atomic E-state index is -0.487. The Morgan fingerprint density at radius 1 is 0.958 bits per heavy atom. The van der Waals surface area contributed by atoms with Gasteiger partial charge in [0.2, 0.25) is 5.78 Å². The number of halogens is 1. The van der Waals surface area contributed by atoms with Crippen LogP contribution in [0.4, 0.5) is 4.39 Å². The van der Waals surface area contributed by atoms with Crippen LogP contribution in [0.2, 0.25) is 0 Å². The Balaban J connectivity index is 1.88. The molecule has 0 aliphatic rings. The highest BCUT2D eigenvalue weighted by atomic mass is 32.1. The summed E-state index contributed by atoms with van der Waals surface area (Å²) in [6.07, 6.45) is 0. The van der Waals surface area contributed by atoms with Gasteiger partial charge in [0, 0.05) is 10.4 Å². The molecule has 0 N–H and O–H groups in total. The fraction of sp³-hybridized carbons (Fsp3) is 0.105. The van der Waals surface area contributed by atoms with E-state index in [2.05, 4.69) is 0 Å². The summed E-state index contributed by atoms with van der Waals surface area (Å²) in [5.41, 5.74) is 1.41. The molecule has 0 radical (unpaired) electrons. The third kappa shape index (κ3) is 3.16. The first-order chi connectivity index (χ1) is 11.6. The van der Waals surface area contributed by atoms with E-state index in [4.69, 9.17) is 9.47 Å². The molecule has 5 heteroatoms. The highest BCUT2D eigenvalue weighted by Crippen LogP contribution is 2.31. The van der Waals surface area contributed by atoms with Gasteiger partial charge in [0.25, 0.3) is 0 Å². The third-order valence-electron chi connectivity index (χ3n) is 3.62. The molecular weight excluding hydrogens is 327 g/mol. The van der Waals surface area contributed by atoms with Crippen LogP contribution in [-0.4, -0.2) is 20.0 Å². The van der Waals surface area contributed by atoms with Gasteiger partial charge >= 0.3 is 0 Å². The van der Waals surface area contributed by atoms with Gasteiger partial charge in [0.05, 0.1) is 19.1 Å². The molecule has 24 heavy (non-hydrogen) atoms. The molecule has 0 atom stereocenters. The summed E-state index contributed by atoms with van der Waals surface area (Å²) in [5.74, 6) is 0.204. The van der Waals surface area contributed by atoms with E-state index >= 15 is 0 Å². The van der Waals surface area contributed by atoms with Crippen LogP contribution in [0.1, 0.15) is 15.2 Å². The van der Waals surface area contributed by atoms with Crippen molar-refractivity contribution in [2.45, 2.75) is 0 Å². The van der Waals surface area contributed by atoms with Crippen LogP contribution in [-0.2, 0) is 0 Å². The van der Waals surface area contributed by atoms with Crippen LogP contribution in [0.3, 0.4) is 0 Å². The number of methoxy groups -OCH3 is 2. The van der Waals surface area contributed by atoms with E-state index in [0.717, 1.165) is 16.2 Å². The minimum absolute atomic E-state index is 0.0628. The monoisotopic (exact) mass is 342 g/mol. The summed E-state index contributed by atoms with van der Waals surface area (Å²) >= 11 is 1.40. The summed E-state index contributed by atoms with van der Waals surface area (Å²) in [6.45, 7) is 0. The average Bonchev–Trinajstić information content (AvgIpc) is 3.11. The van der Waals surface area contributed by atoms with Crippen LogP contribution in [0.25, 0.3) is 10.4 Å². The molecule has 0 unspecified atom stereocenters. The van der Waals surface area contributed by atoms with Gasteiger partial charge < -0.3 is 9.47 Å². The fourth-order valence-electron chi connectivity index (χ4n) is 2.31. The molecule has 0 amide bonds. The molecule has 0 saturated carbocycles. The van der Waals surface area contributed by atoms with Gasteiger partial charge in [-0.2, -0.15) is 0 Å². The number of carbonyl (C=O) groups excluding carboxylic acids is 1. The van der Waals surface area contributed by atoms with E-state index in [1.54, 1.807) is 13.2 Å². The van der Waals surface area contributed by atoms with E-state index in [0.29, 0.717) is 10.4 Å². The van der Waals surface area contributed by atoms with Gasteiger partial charge in [-0.3, -0.25) is 4.79 Å². The number of ether oxygens (including phenoxy) is 2. The second-order valence-corrected chi connectivity index (χ2v) is 6.15. The first kappa shape index (κ1) is 16.2. The molecule has 3 rings (SSSR count). The zero-order chi connectivity index (χ0) is 17.1. The van der Waals surface area contributed by atoms with Crippen LogP contribution < -0.4 is 9.47 Å². The van der Waals surface area contributed by atoms with Crippen molar-refractivity contribution in [2.24, 2.45) is 0 Å². The van der Waals surface area contributed by atoms with E-state index in [-0.39, 0.29) is 11.5 Å². The minimum Gasteiger partial charge on any atom is -0.497 e. The van der Waals surface area contributed by atoms with Gasteiger partial charge in [0.1, 0.15) is 5.75 Å². The second-order valence-electron chi connectivity index (χ2n) is 5.07. The maximum atomic E-state index is 13.5. The van der Waals surface area contributed by atoms with Gasteiger partial charge in [-0.25, -0.2) is 4.39 Å². The first-order valence-electron chi connectivity index (χ1n) is 7.25. The van der Waals surface area contributed by atoms with E-state index in [1.807, 2.05) is 30.3 Å². The lowest BCUT2D eigenvalue weighted by atomic mass is 10.1. The summed E-state index contributed by atoms with van der Waals surface area (Å²) in [7, 11) is 2.99. The fourth-order valence-corrected chi connectivity index (χ4v) is 3.29. The first-order valence-corrected chi connectivity index (χ1v) is 8.06. The summed E-state index contributed by atoms with van der Waals surface area (Å²) < 4.78 is 23.6. The average molecular weight is 342 g/mol. The Hall–Kier alpha value is -2.66. The molecule has 1 aromatic heterocycles. The Morgan fingerprint density at radius 2 is 1.71 bits per heavy atom. The van der Waals surface area contributed by atoms with Crippen molar-refractivity contribution in [2.75, 3.05) is 14.2 Å². The van der Waals surface area contributed by atoms with Gasteiger partial charge in [-0.05, 0) is 60.2 Å². The van der Waals surface area contributed by atoms with Crippen LogP contribution in [0, 0.1) is 5.82 Å².